The summed E-state index contributed by atoms with van der Waals surface area (Å²) in [5.74, 6) is -1.24. The summed E-state index contributed by atoms with van der Waals surface area (Å²) in [6.45, 7) is 0.324. The molecule has 0 saturated heterocycles. The van der Waals surface area contributed by atoms with E-state index in [4.69, 9.17) is 0 Å². The zero-order chi connectivity index (χ0) is 13.7. The van der Waals surface area contributed by atoms with Crippen LogP contribution in [-0.4, -0.2) is 27.6 Å². The van der Waals surface area contributed by atoms with Gasteiger partial charge in [0.25, 0.3) is 0 Å². The van der Waals surface area contributed by atoms with Gasteiger partial charge in [-0.3, -0.25) is 9.89 Å². The van der Waals surface area contributed by atoms with Crippen molar-refractivity contribution in [2.45, 2.75) is 12.8 Å². The van der Waals surface area contributed by atoms with Crippen LogP contribution in [-0.2, 0) is 17.6 Å². The van der Waals surface area contributed by atoms with Crippen molar-refractivity contribution in [2.24, 2.45) is 0 Å². The Balaban J connectivity index is 1.84. The molecule has 0 aliphatic carbocycles. The largest absolute Gasteiger partial charge is 0.355 e. The minimum atomic E-state index is -0.717. The fourth-order valence-corrected chi connectivity index (χ4v) is 1.60. The molecular weight excluding hydrogens is 254 g/mol. The van der Waals surface area contributed by atoms with Crippen molar-refractivity contribution in [1.82, 2.24) is 20.5 Å². The predicted octanol–water partition coefficient (Wildman–Crippen LogP) is 0.984. The number of aromatic amines is 1. The van der Waals surface area contributed by atoms with Gasteiger partial charge in [0.1, 0.15) is 23.8 Å². The third-order valence-electron chi connectivity index (χ3n) is 2.55. The zero-order valence-electron chi connectivity index (χ0n) is 9.99. The molecule has 0 atom stereocenters. The Kier molecular flexibility index (Phi) is 4.17. The molecule has 7 heteroatoms. The highest BCUT2D eigenvalue weighted by molar-refractivity contribution is 5.78. The van der Waals surface area contributed by atoms with Crippen LogP contribution in [0.25, 0.3) is 0 Å². The van der Waals surface area contributed by atoms with Crippen LogP contribution in [0.15, 0.2) is 24.5 Å². The molecule has 0 fully saturated rings. The minimum absolute atomic E-state index is 0.223. The summed E-state index contributed by atoms with van der Waals surface area (Å²) >= 11 is 0. The summed E-state index contributed by atoms with van der Waals surface area (Å²) in [6.07, 6.45) is 1.52. The average molecular weight is 266 g/mol. The second-order valence-electron chi connectivity index (χ2n) is 3.91. The van der Waals surface area contributed by atoms with Crippen LogP contribution in [0.1, 0.15) is 11.4 Å². The van der Waals surface area contributed by atoms with E-state index in [1.165, 1.54) is 12.4 Å². The van der Waals surface area contributed by atoms with Gasteiger partial charge in [-0.2, -0.15) is 5.10 Å². The molecule has 0 unspecified atom stereocenters. The third kappa shape index (κ3) is 3.57. The van der Waals surface area contributed by atoms with E-state index >= 15 is 0 Å². The molecule has 19 heavy (non-hydrogen) atoms. The predicted molar refractivity (Wildman–Crippen MR) is 63.2 cm³/mol. The fourth-order valence-electron chi connectivity index (χ4n) is 1.60. The van der Waals surface area contributed by atoms with Gasteiger partial charge < -0.3 is 5.32 Å². The Morgan fingerprint density at radius 1 is 1.32 bits per heavy atom. The second-order valence-corrected chi connectivity index (χ2v) is 3.91. The summed E-state index contributed by atoms with van der Waals surface area (Å²) in [5.41, 5.74) is -0.223. The van der Waals surface area contributed by atoms with Crippen LogP contribution in [0.3, 0.4) is 0 Å². The lowest BCUT2D eigenvalue weighted by atomic mass is 10.1. The Morgan fingerprint density at radius 3 is 2.68 bits per heavy atom. The van der Waals surface area contributed by atoms with Crippen molar-refractivity contribution in [2.75, 3.05) is 6.54 Å². The Labute approximate surface area is 108 Å². The van der Waals surface area contributed by atoms with Crippen molar-refractivity contribution in [3.8, 4) is 0 Å². The van der Waals surface area contributed by atoms with Crippen LogP contribution in [0.4, 0.5) is 8.78 Å². The third-order valence-corrected chi connectivity index (χ3v) is 2.55. The summed E-state index contributed by atoms with van der Waals surface area (Å²) in [4.78, 5) is 15.4. The van der Waals surface area contributed by atoms with E-state index in [0.29, 0.717) is 18.8 Å². The Morgan fingerprint density at radius 2 is 2.05 bits per heavy atom. The zero-order valence-corrected chi connectivity index (χ0v) is 9.99. The summed E-state index contributed by atoms with van der Waals surface area (Å²) in [5, 5.41) is 8.87. The number of nitrogens with one attached hydrogen (secondary N) is 2. The number of nitrogens with zero attached hydrogens (tertiary/aromatic N) is 2. The van der Waals surface area contributed by atoms with Gasteiger partial charge in [-0.1, -0.05) is 6.07 Å². The van der Waals surface area contributed by atoms with E-state index in [2.05, 4.69) is 20.5 Å². The standard InChI is InChI=1S/C12H12F2N4O/c13-9-2-1-3-10(14)8(9)6-12(19)15-5-4-11-16-7-17-18-11/h1-3,7H,4-6H2,(H,15,19)(H,16,17,18). The number of rotatable bonds is 5. The molecule has 0 bridgehead atoms. The van der Waals surface area contributed by atoms with E-state index in [-0.39, 0.29) is 12.0 Å². The van der Waals surface area contributed by atoms with E-state index in [1.54, 1.807) is 0 Å². The molecule has 1 amide bonds. The van der Waals surface area contributed by atoms with Crippen molar-refractivity contribution in [3.05, 3.63) is 47.5 Å². The molecule has 1 heterocycles. The monoisotopic (exact) mass is 266 g/mol. The molecule has 2 N–H and O–H groups in total. The topological polar surface area (TPSA) is 70.7 Å². The van der Waals surface area contributed by atoms with Crippen LogP contribution < -0.4 is 5.32 Å². The lowest BCUT2D eigenvalue weighted by Crippen LogP contribution is -2.28. The van der Waals surface area contributed by atoms with Crippen LogP contribution in [0, 0.1) is 11.6 Å². The molecular formula is C12H12F2N4O. The van der Waals surface area contributed by atoms with E-state index in [9.17, 15) is 13.6 Å². The lowest BCUT2D eigenvalue weighted by molar-refractivity contribution is -0.120. The van der Waals surface area contributed by atoms with Crippen LogP contribution in [0.2, 0.25) is 0 Å². The molecule has 2 rings (SSSR count). The fraction of sp³-hybridized carbons (Fsp3) is 0.250. The number of halogens is 2. The summed E-state index contributed by atoms with van der Waals surface area (Å²) in [6, 6.07) is 3.51. The number of aromatic nitrogens is 3. The quantitative estimate of drug-likeness (QED) is 0.847. The minimum Gasteiger partial charge on any atom is -0.355 e. The molecule has 100 valence electrons. The van der Waals surface area contributed by atoms with E-state index < -0.39 is 17.5 Å². The number of benzene rings is 1. The number of carbonyl (C=O) groups is 1. The van der Waals surface area contributed by atoms with Gasteiger partial charge >= 0.3 is 0 Å². The SMILES string of the molecule is O=C(Cc1c(F)cccc1F)NCCc1ncn[nH]1. The van der Waals surface area contributed by atoms with Crippen LogP contribution >= 0.6 is 0 Å². The van der Waals surface area contributed by atoms with E-state index in [1.807, 2.05) is 0 Å². The normalized spacial score (nSPS) is 10.4. The van der Waals surface area contributed by atoms with Gasteiger partial charge in [0.2, 0.25) is 5.91 Å². The first-order valence-corrected chi connectivity index (χ1v) is 5.70. The Bertz CT molecular complexity index is 537. The number of amides is 1. The molecule has 2 aromatic rings. The van der Waals surface area contributed by atoms with Gasteiger partial charge in [0.15, 0.2) is 0 Å². The number of H-pyrrole nitrogens is 1. The first-order valence-electron chi connectivity index (χ1n) is 5.70. The van der Waals surface area contributed by atoms with E-state index in [0.717, 1.165) is 12.1 Å². The average Bonchev–Trinajstić information content (AvgIpc) is 2.87. The van der Waals surface area contributed by atoms with Gasteiger partial charge in [0.05, 0.1) is 6.42 Å². The molecule has 5 nitrogen and oxygen atoms in total. The molecule has 0 spiro atoms. The lowest BCUT2D eigenvalue weighted by Gasteiger charge is -2.06. The van der Waals surface area contributed by atoms with Crippen molar-refractivity contribution in [3.63, 3.8) is 0 Å². The molecule has 0 radical (unpaired) electrons. The van der Waals surface area contributed by atoms with Gasteiger partial charge in [0, 0.05) is 18.5 Å². The maximum absolute atomic E-state index is 13.3. The highest BCUT2D eigenvalue weighted by atomic mass is 19.1. The summed E-state index contributed by atoms with van der Waals surface area (Å²) < 4.78 is 26.6. The molecule has 1 aromatic heterocycles. The van der Waals surface area contributed by atoms with Gasteiger partial charge in [-0.05, 0) is 12.1 Å². The molecule has 1 aromatic carbocycles. The smallest absolute Gasteiger partial charge is 0.224 e. The van der Waals surface area contributed by atoms with Gasteiger partial charge in [-0.15, -0.1) is 0 Å². The van der Waals surface area contributed by atoms with Crippen molar-refractivity contribution < 1.29 is 13.6 Å². The van der Waals surface area contributed by atoms with Crippen molar-refractivity contribution in [1.29, 1.82) is 0 Å². The highest BCUT2D eigenvalue weighted by Gasteiger charge is 2.12. The molecule has 0 aliphatic heterocycles. The van der Waals surface area contributed by atoms with Gasteiger partial charge in [-0.25, -0.2) is 13.8 Å². The van der Waals surface area contributed by atoms with Crippen molar-refractivity contribution >= 4 is 5.91 Å². The maximum atomic E-state index is 13.3. The van der Waals surface area contributed by atoms with Crippen LogP contribution in [0.5, 0.6) is 0 Å². The summed E-state index contributed by atoms with van der Waals surface area (Å²) in [7, 11) is 0. The Hall–Kier alpha value is -2.31. The first kappa shape index (κ1) is 13.1. The second kappa shape index (κ2) is 6.03. The maximum Gasteiger partial charge on any atom is 0.224 e. The number of carbonyl (C=O) groups excluding carboxylic acids is 1. The molecule has 0 aliphatic rings. The molecule has 0 saturated carbocycles. The number of hydrogen-bond donors (Lipinski definition) is 2. The number of hydrogen-bond acceptors (Lipinski definition) is 3. The highest BCUT2D eigenvalue weighted by Crippen LogP contribution is 2.12. The first-order chi connectivity index (χ1) is 9.16.